The van der Waals surface area contributed by atoms with Crippen LogP contribution in [0.5, 0.6) is 0 Å². The molecule has 0 aromatic heterocycles. The first-order valence-electron chi connectivity index (χ1n) is 5.04. The predicted octanol–water partition coefficient (Wildman–Crippen LogP) is 1.42. The molecule has 0 saturated carbocycles. The van der Waals surface area contributed by atoms with Gasteiger partial charge in [-0.2, -0.15) is 0 Å². The Morgan fingerprint density at radius 2 is 2.31 bits per heavy atom. The summed E-state index contributed by atoms with van der Waals surface area (Å²) in [6, 6.07) is 0.291. The summed E-state index contributed by atoms with van der Waals surface area (Å²) in [5.74, 6) is 0.241. The van der Waals surface area contributed by atoms with Crippen LogP contribution in [-0.2, 0) is 9.53 Å². The van der Waals surface area contributed by atoms with Crippen molar-refractivity contribution < 1.29 is 9.53 Å². The van der Waals surface area contributed by atoms with E-state index in [1.165, 1.54) is 0 Å². The van der Waals surface area contributed by atoms with Crippen LogP contribution in [-0.4, -0.2) is 36.6 Å². The summed E-state index contributed by atoms with van der Waals surface area (Å²) in [5, 5.41) is 0. The molecule has 1 amide bonds. The number of carbonyl (C=O) groups is 1. The quantitative estimate of drug-likeness (QED) is 0.665. The average molecular weight is 185 g/mol. The molecular formula is C10H19NO2. The fourth-order valence-electron chi connectivity index (χ4n) is 1.80. The number of ether oxygens (including phenoxy) is 1. The highest BCUT2D eigenvalue weighted by molar-refractivity contribution is 5.76. The van der Waals surface area contributed by atoms with Gasteiger partial charge in [0, 0.05) is 20.1 Å². The van der Waals surface area contributed by atoms with Crippen molar-refractivity contribution in [2.75, 3.05) is 13.7 Å². The molecule has 0 N–H and O–H groups in total. The van der Waals surface area contributed by atoms with Crippen LogP contribution in [0.3, 0.4) is 0 Å². The summed E-state index contributed by atoms with van der Waals surface area (Å²) in [5.41, 5.74) is 0. The lowest BCUT2D eigenvalue weighted by Crippen LogP contribution is -2.40. The Labute approximate surface area is 80.1 Å². The van der Waals surface area contributed by atoms with Crippen LogP contribution in [0.4, 0.5) is 0 Å². The van der Waals surface area contributed by atoms with E-state index in [4.69, 9.17) is 4.74 Å². The monoisotopic (exact) mass is 185 g/mol. The first-order chi connectivity index (χ1) is 6.16. The highest BCUT2D eigenvalue weighted by Gasteiger charge is 2.29. The van der Waals surface area contributed by atoms with Crippen molar-refractivity contribution in [3.63, 3.8) is 0 Å². The summed E-state index contributed by atoms with van der Waals surface area (Å²) in [4.78, 5) is 13.4. The summed E-state index contributed by atoms with van der Waals surface area (Å²) in [6.45, 7) is 4.85. The van der Waals surface area contributed by atoms with Gasteiger partial charge in [-0.25, -0.2) is 0 Å². The molecule has 0 aliphatic carbocycles. The molecule has 0 radical (unpaired) electrons. The van der Waals surface area contributed by atoms with Crippen molar-refractivity contribution in [1.29, 1.82) is 0 Å². The minimum Gasteiger partial charge on any atom is -0.376 e. The van der Waals surface area contributed by atoms with Gasteiger partial charge in [-0.15, -0.1) is 0 Å². The highest BCUT2D eigenvalue weighted by atomic mass is 16.5. The largest absolute Gasteiger partial charge is 0.376 e. The molecule has 1 saturated heterocycles. The van der Waals surface area contributed by atoms with Gasteiger partial charge in [-0.1, -0.05) is 6.92 Å². The zero-order valence-corrected chi connectivity index (χ0v) is 8.75. The van der Waals surface area contributed by atoms with E-state index in [1.807, 2.05) is 25.8 Å². The Hall–Kier alpha value is -0.570. The van der Waals surface area contributed by atoms with Gasteiger partial charge in [-0.05, 0) is 19.8 Å². The maximum Gasteiger partial charge on any atom is 0.222 e. The van der Waals surface area contributed by atoms with Crippen molar-refractivity contribution in [1.82, 2.24) is 4.90 Å². The fraction of sp³-hybridized carbons (Fsp3) is 0.900. The molecule has 13 heavy (non-hydrogen) atoms. The van der Waals surface area contributed by atoms with Crippen LogP contribution in [0.1, 0.15) is 33.1 Å². The van der Waals surface area contributed by atoms with Crippen molar-refractivity contribution in [3.8, 4) is 0 Å². The number of carbonyl (C=O) groups excluding carboxylic acids is 1. The van der Waals surface area contributed by atoms with Crippen molar-refractivity contribution in [3.05, 3.63) is 0 Å². The number of likely N-dealkylation sites (N-methyl/N-ethyl adjacent to an activating group) is 1. The lowest BCUT2D eigenvalue weighted by molar-refractivity contribution is -0.132. The molecule has 1 aliphatic rings. The normalized spacial score (nSPS) is 27.6. The van der Waals surface area contributed by atoms with Gasteiger partial charge in [0.15, 0.2) is 0 Å². The van der Waals surface area contributed by atoms with Crippen LogP contribution in [0.15, 0.2) is 0 Å². The average Bonchev–Trinajstić information content (AvgIpc) is 2.50. The van der Waals surface area contributed by atoms with E-state index in [-0.39, 0.29) is 12.0 Å². The highest BCUT2D eigenvalue weighted by Crippen LogP contribution is 2.18. The Balaban J connectivity index is 2.45. The SMILES string of the molecule is CCCC(=O)N(C)C1CCOC1C. The molecule has 1 fully saturated rings. The number of nitrogens with zero attached hydrogens (tertiary/aromatic N) is 1. The fourth-order valence-corrected chi connectivity index (χ4v) is 1.80. The molecule has 2 atom stereocenters. The molecule has 1 heterocycles. The molecule has 0 aromatic rings. The van der Waals surface area contributed by atoms with Gasteiger partial charge >= 0.3 is 0 Å². The van der Waals surface area contributed by atoms with E-state index >= 15 is 0 Å². The standard InChI is InChI=1S/C10H19NO2/c1-4-5-10(12)11(3)9-6-7-13-8(9)2/h8-9H,4-7H2,1-3H3. The van der Waals surface area contributed by atoms with Crippen molar-refractivity contribution in [2.24, 2.45) is 0 Å². The lowest BCUT2D eigenvalue weighted by Gasteiger charge is -2.26. The smallest absolute Gasteiger partial charge is 0.222 e. The van der Waals surface area contributed by atoms with Gasteiger partial charge in [0.2, 0.25) is 5.91 Å². The van der Waals surface area contributed by atoms with Crippen LogP contribution in [0.2, 0.25) is 0 Å². The number of hydrogen-bond acceptors (Lipinski definition) is 2. The summed E-state index contributed by atoms with van der Waals surface area (Å²) in [7, 11) is 1.88. The predicted molar refractivity (Wildman–Crippen MR) is 51.5 cm³/mol. The van der Waals surface area contributed by atoms with E-state index in [0.717, 1.165) is 19.4 Å². The van der Waals surface area contributed by atoms with Gasteiger partial charge in [0.25, 0.3) is 0 Å². The number of hydrogen-bond donors (Lipinski definition) is 0. The Morgan fingerprint density at radius 1 is 1.62 bits per heavy atom. The van der Waals surface area contributed by atoms with Gasteiger partial charge < -0.3 is 9.64 Å². The third kappa shape index (κ3) is 2.44. The van der Waals surface area contributed by atoms with E-state index in [0.29, 0.717) is 12.5 Å². The van der Waals surface area contributed by atoms with E-state index in [9.17, 15) is 4.79 Å². The topological polar surface area (TPSA) is 29.5 Å². The van der Waals surface area contributed by atoms with E-state index in [1.54, 1.807) is 0 Å². The van der Waals surface area contributed by atoms with Gasteiger partial charge in [-0.3, -0.25) is 4.79 Å². The molecule has 0 bridgehead atoms. The molecule has 0 spiro atoms. The minimum atomic E-state index is 0.200. The molecule has 0 aromatic carbocycles. The molecule has 1 rings (SSSR count). The zero-order chi connectivity index (χ0) is 9.84. The Kier molecular flexibility index (Phi) is 3.72. The second kappa shape index (κ2) is 4.61. The first kappa shape index (κ1) is 10.5. The molecule has 1 aliphatic heterocycles. The van der Waals surface area contributed by atoms with E-state index in [2.05, 4.69) is 0 Å². The third-order valence-electron chi connectivity index (χ3n) is 2.69. The minimum absolute atomic E-state index is 0.200. The molecule has 3 heteroatoms. The molecule has 76 valence electrons. The number of amides is 1. The second-order valence-corrected chi connectivity index (χ2v) is 3.69. The maximum absolute atomic E-state index is 11.5. The molecule has 3 nitrogen and oxygen atoms in total. The Bertz CT molecular complexity index is 182. The van der Waals surface area contributed by atoms with Crippen LogP contribution >= 0.6 is 0 Å². The van der Waals surface area contributed by atoms with Crippen molar-refractivity contribution >= 4 is 5.91 Å². The first-order valence-corrected chi connectivity index (χ1v) is 5.04. The molecule has 2 unspecified atom stereocenters. The third-order valence-corrected chi connectivity index (χ3v) is 2.69. The van der Waals surface area contributed by atoms with Crippen LogP contribution in [0.25, 0.3) is 0 Å². The Morgan fingerprint density at radius 3 is 2.77 bits per heavy atom. The van der Waals surface area contributed by atoms with Crippen LogP contribution in [0, 0.1) is 0 Å². The van der Waals surface area contributed by atoms with E-state index < -0.39 is 0 Å². The summed E-state index contributed by atoms with van der Waals surface area (Å²) >= 11 is 0. The van der Waals surface area contributed by atoms with Crippen molar-refractivity contribution in [2.45, 2.75) is 45.3 Å². The lowest BCUT2D eigenvalue weighted by atomic mass is 10.1. The van der Waals surface area contributed by atoms with Gasteiger partial charge in [0.1, 0.15) is 0 Å². The number of rotatable bonds is 3. The summed E-state index contributed by atoms with van der Waals surface area (Å²) in [6.07, 6.45) is 2.75. The second-order valence-electron chi connectivity index (χ2n) is 3.69. The van der Waals surface area contributed by atoms with Gasteiger partial charge in [0.05, 0.1) is 12.1 Å². The van der Waals surface area contributed by atoms with Crippen LogP contribution < -0.4 is 0 Å². The molecular weight excluding hydrogens is 166 g/mol. The zero-order valence-electron chi connectivity index (χ0n) is 8.75. The summed E-state index contributed by atoms with van der Waals surface area (Å²) < 4.78 is 5.42. The maximum atomic E-state index is 11.5.